The molecule has 2 aromatic heterocycles. The number of fused-ring (bicyclic) bond motifs is 1. The average Bonchev–Trinajstić information content (AvgIpc) is 2.55. The molecule has 1 aliphatic heterocycles. The van der Waals surface area contributed by atoms with Gasteiger partial charge in [0, 0.05) is 32.4 Å². The molecule has 2 aromatic rings. The quantitative estimate of drug-likeness (QED) is 0.609. The molecule has 0 unspecified atom stereocenters. The second-order valence-corrected chi connectivity index (χ2v) is 6.48. The highest BCUT2D eigenvalue weighted by Gasteiger charge is 2.25. The minimum atomic E-state index is -0.216. The third-order valence-corrected chi connectivity index (χ3v) is 4.65. The lowest BCUT2D eigenvalue weighted by molar-refractivity contribution is 0.0727. The van der Waals surface area contributed by atoms with Crippen molar-refractivity contribution < 1.29 is 4.79 Å². The van der Waals surface area contributed by atoms with E-state index in [0.29, 0.717) is 24.7 Å². The van der Waals surface area contributed by atoms with Crippen LogP contribution < -0.4 is 5.56 Å². The molecule has 0 spiro atoms. The summed E-state index contributed by atoms with van der Waals surface area (Å²) in [5.41, 5.74) is 2.16. The first-order chi connectivity index (χ1) is 11.0. The van der Waals surface area contributed by atoms with Gasteiger partial charge in [0.05, 0.1) is 11.2 Å². The SMILES string of the molecule is CSc1ncc(Cl)c(C(=O)N2CCc3cc(=O)n(C)cc3C2)n1. The van der Waals surface area contributed by atoms with E-state index in [0.717, 1.165) is 11.1 Å². The Labute approximate surface area is 142 Å². The Kier molecular flexibility index (Phi) is 4.41. The van der Waals surface area contributed by atoms with Gasteiger partial charge in [-0.15, -0.1) is 0 Å². The molecule has 1 amide bonds. The van der Waals surface area contributed by atoms with Crippen LogP contribution in [-0.2, 0) is 20.0 Å². The molecule has 0 radical (unpaired) electrons. The first-order valence-corrected chi connectivity index (χ1v) is 8.64. The van der Waals surface area contributed by atoms with Crippen molar-refractivity contribution in [3.05, 3.63) is 50.7 Å². The molecule has 0 bridgehead atoms. The molecule has 0 aliphatic carbocycles. The van der Waals surface area contributed by atoms with E-state index in [-0.39, 0.29) is 22.2 Å². The lowest BCUT2D eigenvalue weighted by atomic mass is 10.0. The van der Waals surface area contributed by atoms with E-state index < -0.39 is 0 Å². The zero-order valence-corrected chi connectivity index (χ0v) is 14.3. The highest BCUT2D eigenvalue weighted by atomic mass is 35.5. The molecule has 23 heavy (non-hydrogen) atoms. The number of carbonyl (C=O) groups excluding carboxylic acids is 1. The second kappa shape index (κ2) is 6.33. The van der Waals surface area contributed by atoms with E-state index in [9.17, 15) is 9.59 Å². The molecule has 8 heteroatoms. The molecule has 0 aromatic carbocycles. The van der Waals surface area contributed by atoms with Crippen LogP contribution in [0.3, 0.4) is 0 Å². The molecule has 3 rings (SSSR count). The van der Waals surface area contributed by atoms with E-state index in [1.54, 1.807) is 24.2 Å². The molecule has 0 fully saturated rings. The van der Waals surface area contributed by atoms with Gasteiger partial charge in [0.2, 0.25) is 0 Å². The van der Waals surface area contributed by atoms with E-state index in [1.165, 1.54) is 22.5 Å². The van der Waals surface area contributed by atoms with Crippen LogP contribution >= 0.6 is 23.4 Å². The topological polar surface area (TPSA) is 68.1 Å². The molecule has 0 atom stereocenters. The van der Waals surface area contributed by atoms with Crippen molar-refractivity contribution in [2.24, 2.45) is 7.05 Å². The maximum Gasteiger partial charge on any atom is 0.274 e. The lowest BCUT2D eigenvalue weighted by Gasteiger charge is -2.29. The minimum Gasteiger partial charge on any atom is -0.333 e. The number of nitrogens with zero attached hydrogens (tertiary/aromatic N) is 4. The highest BCUT2D eigenvalue weighted by molar-refractivity contribution is 7.98. The van der Waals surface area contributed by atoms with Crippen molar-refractivity contribution >= 4 is 29.3 Å². The predicted octanol–water partition coefficient (Wildman–Crippen LogP) is 1.75. The number of hydrogen-bond donors (Lipinski definition) is 0. The molecule has 1 aliphatic rings. The Bertz CT molecular complexity index is 837. The van der Waals surface area contributed by atoms with Crippen molar-refractivity contribution in [3.63, 3.8) is 0 Å². The van der Waals surface area contributed by atoms with Crippen LogP contribution in [0.15, 0.2) is 28.4 Å². The monoisotopic (exact) mass is 350 g/mol. The first kappa shape index (κ1) is 16.0. The number of carbonyl (C=O) groups is 1. The first-order valence-electron chi connectivity index (χ1n) is 7.04. The lowest BCUT2D eigenvalue weighted by Crippen LogP contribution is -2.37. The number of aryl methyl sites for hydroxylation is 1. The zero-order valence-electron chi connectivity index (χ0n) is 12.7. The van der Waals surface area contributed by atoms with Crippen LogP contribution in [0.25, 0.3) is 0 Å². The summed E-state index contributed by atoms with van der Waals surface area (Å²) < 4.78 is 1.52. The van der Waals surface area contributed by atoms with Gasteiger partial charge in [-0.3, -0.25) is 9.59 Å². The Hall–Kier alpha value is -1.86. The summed E-state index contributed by atoms with van der Waals surface area (Å²) in [7, 11) is 1.70. The van der Waals surface area contributed by atoms with E-state index >= 15 is 0 Å². The Morgan fingerprint density at radius 3 is 2.91 bits per heavy atom. The van der Waals surface area contributed by atoms with Crippen molar-refractivity contribution in [1.29, 1.82) is 0 Å². The summed E-state index contributed by atoms with van der Waals surface area (Å²) in [4.78, 5) is 34.4. The van der Waals surface area contributed by atoms with E-state index in [1.807, 2.05) is 6.26 Å². The molecule has 120 valence electrons. The fourth-order valence-corrected chi connectivity index (χ4v) is 3.07. The van der Waals surface area contributed by atoms with Crippen LogP contribution in [0.1, 0.15) is 21.6 Å². The van der Waals surface area contributed by atoms with Gasteiger partial charge in [-0.25, -0.2) is 9.97 Å². The summed E-state index contributed by atoms with van der Waals surface area (Å²) in [5, 5.41) is 0.761. The number of pyridine rings is 1. The summed E-state index contributed by atoms with van der Waals surface area (Å²) in [6.45, 7) is 0.977. The number of aromatic nitrogens is 3. The van der Waals surface area contributed by atoms with Crippen molar-refractivity contribution in [3.8, 4) is 0 Å². The number of thioether (sulfide) groups is 1. The van der Waals surface area contributed by atoms with Gasteiger partial charge in [0.25, 0.3) is 11.5 Å². The van der Waals surface area contributed by atoms with Gasteiger partial charge < -0.3 is 9.47 Å². The van der Waals surface area contributed by atoms with Crippen molar-refractivity contribution in [2.75, 3.05) is 12.8 Å². The fraction of sp³-hybridized carbons (Fsp3) is 0.333. The molecule has 0 N–H and O–H groups in total. The molecule has 0 saturated heterocycles. The number of rotatable bonds is 2. The van der Waals surface area contributed by atoms with Crippen molar-refractivity contribution in [1.82, 2.24) is 19.4 Å². The zero-order chi connectivity index (χ0) is 16.6. The van der Waals surface area contributed by atoms with Gasteiger partial charge >= 0.3 is 0 Å². The predicted molar refractivity (Wildman–Crippen MR) is 89.0 cm³/mol. The van der Waals surface area contributed by atoms with Crippen LogP contribution in [0.4, 0.5) is 0 Å². The maximum absolute atomic E-state index is 12.7. The Morgan fingerprint density at radius 2 is 2.17 bits per heavy atom. The van der Waals surface area contributed by atoms with E-state index in [2.05, 4.69) is 9.97 Å². The van der Waals surface area contributed by atoms with Gasteiger partial charge in [-0.05, 0) is 23.8 Å². The smallest absolute Gasteiger partial charge is 0.274 e. The fourth-order valence-electron chi connectivity index (χ4n) is 2.56. The van der Waals surface area contributed by atoms with Gasteiger partial charge in [0.1, 0.15) is 0 Å². The van der Waals surface area contributed by atoms with Crippen LogP contribution in [0.5, 0.6) is 0 Å². The average molecular weight is 351 g/mol. The standard InChI is InChI=1S/C15H15ClN4O2S/c1-19-7-10-8-20(4-3-9(10)5-12(19)21)14(22)13-11(16)6-17-15(18-13)23-2/h5-7H,3-4,8H2,1-2H3. The molecule has 3 heterocycles. The van der Waals surface area contributed by atoms with Crippen LogP contribution in [0.2, 0.25) is 5.02 Å². The molecule has 0 saturated carbocycles. The normalized spacial score (nSPS) is 13.8. The second-order valence-electron chi connectivity index (χ2n) is 5.30. The Morgan fingerprint density at radius 1 is 1.39 bits per heavy atom. The summed E-state index contributed by atoms with van der Waals surface area (Å²) in [5.74, 6) is -0.216. The largest absolute Gasteiger partial charge is 0.333 e. The molecular formula is C15H15ClN4O2S. The van der Waals surface area contributed by atoms with Gasteiger partial charge in [-0.1, -0.05) is 23.4 Å². The summed E-state index contributed by atoms with van der Waals surface area (Å²) >= 11 is 7.44. The van der Waals surface area contributed by atoms with Crippen LogP contribution in [0, 0.1) is 0 Å². The number of halogens is 1. The highest BCUT2D eigenvalue weighted by Crippen LogP contribution is 2.22. The Balaban J connectivity index is 1.90. The summed E-state index contributed by atoms with van der Waals surface area (Å²) in [6.07, 6.45) is 5.73. The maximum atomic E-state index is 12.7. The third-order valence-electron chi connectivity index (χ3n) is 3.81. The van der Waals surface area contributed by atoms with Gasteiger partial charge in [-0.2, -0.15) is 0 Å². The number of hydrogen-bond acceptors (Lipinski definition) is 5. The van der Waals surface area contributed by atoms with Crippen LogP contribution in [-0.4, -0.2) is 38.1 Å². The van der Waals surface area contributed by atoms with E-state index in [4.69, 9.17) is 11.6 Å². The third kappa shape index (κ3) is 3.11. The minimum absolute atomic E-state index is 0.0352. The number of amides is 1. The van der Waals surface area contributed by atoms with Crippen molar-refractivity contribution in [2.45, 2.75) is 18.1 Å². The molecule has 6 nitrogen and oxygen atoms in total. The summed E-state index contributed by atoms with van der Waals surface area (Å²) in [6, 6.07) is 1.64. The van der Waals surface area contributed by atoms with Gasteiger partial charge in [0.15, 0.2) is 10.9 Å². The molecular weight excluding hydrogens is 336 g/mol.